The summed E-state index contributed by atoms with van der Waals surface area (Å²) in [5, 5.41) is 28.0. The van der Waals surface area contributed by atoms with Crippen LogP contribution in [-0.4, -0.2) is 62.7 Å². The normalized spacial score (nSPS) is 43.8. The number of hydrogen-bond acceptors (Lipinski definition) is 6. The summed E-state index contributed by atoms with van der Waals surface area (Å²) in [6.07, 6.45) is -6.33. The van der Waals surface area contributed by atoms with Crippen molar-refractivity contribution in [2.45, 2.75) is 40.8 Å². The summed E-state index contributed by atoms with van der Waals surface area (Å²) in [4.78, 5) is 0. The van der Waals surface area contributed by atoms with Gasteiger partial charge in [-0.2, -0.15) is 0 Å². The van der Waals surface area contributed by atoms with Gasteiger partial charge in [-0.25, -0.2) is 0 Å². The Balaban J connectivity index is 2.01. The molecule has 2 heterocycles. The summed E-state index contributed by atoms with van der Waals surface area (Å²) in [5.41, 5.74) is 0. The largest absolute Gasteiger partial charge is 0.394 e. The predicted octanol–water partition coefficient (Wildman–Crippen LogP) is -0.463. The smallest absolute Gasteiger partial charge is 0.241 e. The standard InChI is InChI=1S/C8H11Cl3O6/c9-8(10,11)7-16-5-3(14)4(2(13)1-12)15-6(5)17-7/h2-7,12-14H,1H2/t2-,3-,4-,5-,6+,7-/m1/s1. The molecule has 0 amide bonds. The Labute approximate surface area is 112 Å². The first kappa shape index (κ1) is 14.0. The average Bonchev–Trinajstić information content (AvgIpc) is 2.77. The highest BCUT2D eigenvalue weighted by Crippen LogP contribution is 2.42. The number of rotatable bonds is 2. The first-order chi connectivity index (χ1) is 7.84. The first-order valence-electron chi connectivity index (χ1n) is 4.84. The molecule has 9 heteroatoms. The van der Waals surface area contributed by atoms with Crippen molar-refractivity contribution >= 4 is 34.8 Å². The van der Waals surface area contributed by atoms with Crippen LogP contribution in [0.15, 0.2) is 0 Å². The number of aliphatic hydroxyl groups excluding tert-OH is 3. The van der Waals surface area contributed by atoms with Crippen LogP contribution in [0, 0.1) is 0 Å². The van der Waals surface area contributed by atoms with Crippen molar-refractivity contribution in [1.29, 1.82) is 0 Å². The second-order valence-corrected chi connectivity index (χ2v) is 6.19. The average molecular weight is 310 g/mol. The highest BCUT2D eigenvalue weighted by atomic mass is 35.6. The number of ether oxygens (including phenoxy) is 3. The minimum Gasteiger partial charge on any atom is -0.394 e. The van der Waals surface area contributed by atoms with Crippen molar-refractivity contribution in [3.8, 4) is 0 Å². The molecular formula is C8H11Cl3O6. The van der Waals surface area contributed by atoms with Crippen molar-refractivity contribution in [2.75, 3.05) is 6.61 Å². The number of hydrogen-bond donors (Lipinski definition) is 3. The van der Waals surface area contributed by atoms with Gasteiger partial charge in [-0.15, -0.1) is 0 Å². The summed E-state index contributed by atoms with van der Waals surface area (Å²) >= 11 is 16.7. The van der Waals surface area contributed by atoms with Gasteiger partial charge in [-0.3, -0.25) is 0 Å². The maximum Gasteiger partial charge on any atom is 0.241 e. The fourth-order valence-electron chi connectivity index (χ4n) is 1.79. The van der Waals surface area contributed by atoms with Gasteiger partial charge < -0.3 is 29.5 Å². The number of aliphatic hydroxyl groups is 3. The molecule has 0 saturated carbocycles. The van der Waals surface area contributed by atoms with E-state index in [9.17, 15) is 10.2 Å². The highest BCUT2D eigenvalue weighted by Gasteiger charge is 2.57. The number of fused-ring (bicyclic) bond motifs is 1. The van der Waals surface area contributed by atoms with E-state index in [0.29, 0.717) is 0 Å². The molecule has 6 atom stereocenters. The van der Waals surface area contributed by atoms with Crippen LogP contribution in [0.3, 0.4) is 0 Å². The van der Waals surface area contributed by atoms with E-state index in [0.717, 1.165) is 0 Å². The lowest BCUT2D eigenvalue weighted by atomic mass is 10.1. The van der Waals surface area contributed by atoms with Crippen molar-refractivity contribution < 1.29 is 29.5 Å². The molecule has 0 aromatic rings. The van der Waals surface area contributed by atoms with Gasteiger partial charge in [0.25, 0.3) is 0 Å². The third kappa shape index (κ3) is 2.65. The lowest BCUT2D eigenvalue weighted by Crippen LogP contribution is -2.42. The summed E-state index contributed by atoms with van der Waals surface area (Å²) in [5.74, 6) is 0. The summed E-state index contributed by atoms with van der Waals surface area (Å²) < 4.78 is 13.8. The Morgan fingerprint density at radius 3 is 2.29 bits per heavy atom. The van der Waals surface area contributed by atoms with Crippen molar-refractivity contribution in [3.05, 3.63) is 0 Å². The third-order valence-electron chi connectivity index (χ3n) is 2.60. The molecule has 2 aliphatic heterocycles. The second-order valence-electron chi connectivity index (χ2n) is 3.82. The SMILES string of the molecule is OC[C@@H](O)[C@H]1O[C@H]2O[C@H](C(Cl)(Cl)Cl)O[C@@H]2[C@@H]1O. The van der Waals surface area contributed by atoms with Crippen LogP contribution in [0.25, 0.3) is 0 Å². The highest BCUT2D eigenvalue weighted by molar-refractivity contribution is 6.67. The Morgan fingerprint density at radius 1 is 1.18 bits per heavy atom. The van der Waals surface area contributed by atoms with E-state index in [-0.39, 0.29) is 0 Å². The second kappa shape index (κ2) is 4.96. The summed E-state index contributed by atoms with van der Waals surface area (Å²) in [7, 11) is 0. The van der Waals surface area contributed by atoms with Gasteiger partial charge in [0.05, 0.1) is 6.61 Å². The zero-order chi connectivity index (χ0) is 12.8. The minimum atomic E-state index is -1.79. The molecule has 2 rings (SSSR count). The molecule has 0 spiro atoms. The molecule has 0 aromatic heterocycles. The van der Waals surface area contributed by atoms with Gasteiger partial charge in [-0.05, 0) is 0 Å². The van der Waals surface area contributed by atoms with Crippen molar-refractivity contribution in [3.63, 3.8) is 0 Å². The molecule has 100 valence electrons. The van der Waals surface area contributed by atoms with Crippen LogP contribution in [-0.2, 0) is 14.2 Å². The monoisotopic (exact) mass is 308 g/mol. The van der Waals surface area contributed by atoms with Crippen LogP contribution in [0.5, 0.6) is 0 Å². The molecule has 2 saturated heterocycles. The van der Waals surface area contributed by atoms with Crippen molar-refractivity contribution in [2.24, 2.45) is 0 Å². The zero-order valence-corrected chi connectivity index (χ0v) is 10.6. The Kier molecular flexibility index (Phi) is 4.10. The molecule has 2 aliphatic rings. The van der Waals surface area contributed by atoms with Crippen LogP contribution in [0.1, 0.15) is 0 Å². The molecule has 0 aromatic carbocycles. The maximum absolute atomic E-state index is 9.81. The topological polar surface area (TPSA) is 88.4 Å². The molecule has 0 bridgehead atoms. The Morgan fingerprint density at radius 2 is 1.82 bits per heavy atom. The lowest BCUT2D eigenvalue weighted by Gasteiger charge is -2.24. The van der Waals surface area contributed by atoms with Gasteiger partial charge >= 0.3 is 0 Å². The molecule has 2 fully saturated rings. The molecule has 6 nitrogen and oxygen atoms in total. The number of alkyl halides is 3. The molecule has 0 radical (unpaired) electrons. The summed E-state index contributed by atoms with van der Waals surface area (Å²) in [6.45, 7) is -0.547. The zero-order valence-electron chi connectivity index (χ0n) is 8.37. The van der Waals surface area contributed by atoms with Gasteiger partial charge in [0.1, 0.15) is 24.4 Å². The van der Waals surface area contributed by atoms with Crippen LogP contribution < -0.4 is 0 Å². The molecular weight excluding hydrogens is 298 g/mol. The van der Waals surface area contributed by atoms with E-state index < -0.39 is 47.4 Å². The van der Waals surface area contributed by atoms with Crippen molar-refractivity contribution in [1.82, 2.24) is 0 Å². The molecule has 0 unspecified atom stereocenters. The fraction of sp³-hybridized carbons (Fsp3) is 1.00. The van der Waals surface area contributed by atoms with E-state index in [1.54, 1.807) is 0 Å². The lowest BCUT2D eigenvalue weighted by molar-refractivity contribution is -0.188. The third-order valence-corrected chi connectivity index (χ3v) is 3.14. The van der Waals surface area contributed by atoms with E-state index in [2.05, 4.69) is 0 Å². The predicted molar refractivity (Wildman–Crippen MR) is 57.8 cm³/mol. The van der Waals surface area contributed by atoms with Crippen LogP contribution >= 0.6 is 34.8 Å². The summed E-state index contributed by atoms with van der Waals surface area (Å²) in [6, 6.07) is 0. The Bertz CT molecular complexity index is 285. The van der Waals surface area contributed by atoms with Gasteiger partial charge in [0.2, 0.25) is 10.1 Å². The quantitative estimate of drug-likeness (QED) is 0.598. The Hall–Kier alpha value is 0.630. The number of halogens is 3. The van der Waals surface area contributed by atoms with E-state index in [1.807, 2.05) is 0 Å². The first-order valence-corrected chi connectivity index (χ1v) is 5.98. The van der Waals surface area contributed by atoms with Gasteiger partial charge in [-0.1, -0.05) is 34.8 Å². The van der Waals surface area contributed by atoms with Crippen LogP contribution in [0.4, 0.5) is 0 Å². The van der Waals surface area contributed by atoms with Crippen LogP contribution in [0.2, 0.25) is 0 Å². The minimum absolute atomic E-state index is 0.547. The fourth-order valence-corrected chi connectivity index (χ4v) is 2.10. The van der Waals surface area contributed by atoms with E-state index >= 15 is 0 Å². The van der Waals surface area contributed by atoms with E-state index in [1.165, 1.54) is 0 Å². The molecule has 3 N–H and O–H groups in total. The maximum atomic E-state index is 9.81. The van der Waals surface area contributed by atoms with Gasteiger partial charge in [0, 0.05) is 0 Å². The molecule has 0 aliphatic carbocycles. The van der Waals surface area contributed by atoms with E-state index in [4.69, 9.17) is 54.1 Å². The van der Waals surface area contributed by atoms with Gasteiger partial charge in [0.15, 0.2) is 6.29 Å². The molecule has 17 heavy (non-hydrogen) atoms.